The number of anilines is 1. The van der Waals surface area contributed by atoms with E-state index in [0.29, 0.717) is 0 Å². The van der Waals surface area contributed by atoms with Crippen LogP contribution in [0.2, 0.25) is 5.02 Å². The van der Waals surface area contributed by atoms with Gasteiger partial charge in [0.1, 0.15) is 0 Å². The second kappa shape index (κ2) is 3.55. The maximum absolute atomic E-state index is 6.15. The second-order valence-corrected chi connectivity index (χ2v) is 4.04. The first-order valence-electron chi connectivity index (χ1n) is 4.80. The molecule has 0 saturated carbocycles. The molecule has 1 aromatic rings. The number of nitrogens with two attached hydrogens (primary N) is 1. The molecule has 0 aliphatic heterocycles. The largest absolute Gasteiger partial charge is 0.397 e. The highest BCUT2D eigenvalue weighted by Gasteiger charge is 2.17. The van der Waals surface area contributed by atoms with Gasteiger partial charge >= 0.3 is 0 Å². The molecule has 0 bridgehead atoms. The summed E-state index contributed by atoms with van der Waals surface area (Å²) in [6.07, 6.45) is 9.78. The van der Waals surface area contributed by atoms with Crippen LogP contribution in [0.4, 0.5) is 5.69 Å². The third kappa shape index (κ3) is 1.36. The van der Waals surface area contributed by atoms with Gasteiger partial charge in [0, 0.05) is 10.6 Å². The smallest absolute Gasteiger partial charge is 0.0509 e. The van der Waals surface area contributed by atoms with E-state index < -0.39 is 0 Å². The van der Waals surface area contributed by atoms with Crippen molar-refractivity contribution in [1.29, 1.82) is 0 Å². The molecule has 0 aromatic heterocycles. The number of hydrogen-bond donors (Lipinski definition) is 1. The van der Waals surface area contributed by atoms with Gasteiger partial charge in [0.15, 0.2) is 0 Å². The molecule has 2 N–H and O–H groups in total. The van der Waals surface area contributed by atoms with Gasteiger partial charge in [-0.25, -0.2) is 0 Å². The van der Waals surface area contributed by atoms with Crippen molar-refractivity contribution in [3.05, 3.63) is 27.8 Å². The van der Waals surface area contributed by atoms with Crippen molar-refractivity contribution in [3.8, 4) is 12.3 Å². The summed E-state index contributed by atoms with van der Waals surface area (Å²) in [5.41, 5.74) is 9.85. The fraction of sp³-hybridized carbons (Fsp3) is 0.333. The Balaban J connectivity index is 2.66. The zero-order chi connectivity index (χ0) is 10.1. The molecule has 0 saturated heterocycles. The summed E-state index contributed by atoms with van der Waals surface area (Å²) in [7, 11) is 0. The number of rotatable bonds is 0. The SMILES string of the molecule is C#Cc1cc(Cl)c2c(c1N)CCCC2. The van der Waals surface area contributed by atoms with Crippen LogP contribution >= 0.6 is 11.6 Å². The lowest BCUT2D eigenvalue weighted by Crippen LogP contribution is -2.08. The van der Waals surface area contributed by atoms with E-state index in [4.69, 9.17) is 23.8 Å². The van der Waals surface area contributed by atoms with Crippen LogP contribution in [0.25, 0.3) is 0 Å². The molecule has 0 amide bonds. The number of terminal acetylenes is 1. The van der Waals surface area contributed by atoms with E-state index in [1.165, 1.54) is 24.0 Å². The highest BCUT2D eigenvalue weighted by molar-refractivity contribution is 6.31. The molecule has 72 valence electrons. The lowest BCUT2D eigenvalue weighted by Gasteiger charge is -2.20. The standard InChI is InChI=1S/C12H12ClN/c1-2-8-7-11(13)9-5-3-4-6-10(9)12(8)14/h1,7H,3-6,14H2. The molecule has 1 aliphatic rings. The Kier molecular flexibility index (Phi) is 2.39. The minimum Gasteiger partial charge on any atom is -0.397 e. The van der Waals surface area contributed by atoms with Gasteiger partial charge in [-0.1, -0.05) is 17.5 Å². The molecule has 2 heteroatoms. The van der Waals surface area contributed by atoms with Gasteiger partial charge in [0.2, 0.25) is 0 Å². The van der Waals surface area contributed by atoms with Crippen molar-refractivity contribution in [2.75, 3.05) is 5.73 Å². The summed E-state index contributed by atoms with van der Waals surface area (Å²) in [5, 5.41) is 0.779. The molecule has 2 rings (SSSR count). The van der Waals surface area contributed by atoms with Gasteiger partial charge in [0.05, 0.1) is 5.69 Å². The molecule has 0 atom stereocenters. The summed E-state index contributed by atoms with van der Waals surface area (Å²) < 4.78 is 0. The Morgan fingerprint density at radius 1 is 1.29 bits per heavy atom. The monoisotopic (exact) mass is 205 g/mol. The van der Waals surface area contributed by atoms with E-state index in [-0.39, 0.29) is 0 Å². The van der Waals surface area contributed by atoms with E-state index in [1.54, 1.807) is 6.07 Å². The molecule has 1 aromatic carbocycles. The summed E-state index contributed by atoms with van der Waals surface area (Å²) in [4.78, 5) is 0. The fourth-order valence-corrected chi connectivity index (χ4v) is 2.36. The quantitative estimate of drug-likeness (QED) is 0.512. The normalized spacial score (nSPS) is 14.6. The van der Waals surface area contributed by atoms with Gasteiger partial charge in [-0.15, -0.1) is 6.42 Å². The molecule has 1 nitrogen and oxygen atoms in total. The van der Waals surface area contributed by atoms with E-state index >= 15 is 0 Å². The summed E-state index contributed by atoms with van der Waals surface area (Å²) in [6, 6.07) is 1.81. The van der Waals surface area contributed by atoms with Crippen LogP contribution in [0.1, 0.15) is 29.5 Å². The van der Waals surface area contributed by atoms with Crippen molar-refractivity contribution in [2.45, 2.75) is 25.7 Å². The third-order valence-electron chi connectivity index (χ3n) is 2.80. The van der Waals surface area contributed by atoms with Gasteiger partial charge in [-0.3, -0.25) is 0 Å². The molecular weight excluding hydrogens is 194 g/mol. The molecule has 0 unspecified atom stereocenters. The zero-order valence-corrected chi connectivity index (χ0v) is 8.69. The van der Waals surface area contributed by atoms with Crippen molar-refractivity contribution < 1.29 is 0 Å². The molecular formula is C12H12ClN. The average Bonchev–Trinajstić information content (AvgIpc) is 2.23. The molecule has 0 heterocycles. The van der Waals surface area contributed by atoms with E-state index in [1.807, 2.05) is 0 Å². The highest BCUT2D eigenvalue weighted by atomic mass is 35.5. The first-order chi connectivity index (χ1) is 6.74. The van der Waals surface area contributed by atoms with Crippen molar-refractivity contribution >= 4 is 17.3 Å². The molecule has 14 heavy (non-hydrogen) atoms. The van der Waals surface area contributed by atoms with Gasteiger partial charge in [-0.05, 0) is 42.9 Å². The van der Waals surface area contributed by atoms with Crippen LogP contribution in [-0.2, 0) is 12.8 Å². The van der Waals surface area contributed by atoms with Crippen molar-refractivity contribution in [3.63, 3.8) is 0 Å². The molecule has 0 radical (unpaired) electrons. The molecule has 1 aliphatic carbocycles. The number of benzene rings is 1. The molecule has 0 fully saturated rings. The number of hydrogen-bond acceptors (Lipinski definition) is 1. The van der Waals surface area contributed by atoms with E-state index in [9.17, 15) is 0 Å². The highest BCUT2D eigenvalue weighted by Crippen LogP contribution is 2.34. The maximum Gasteiger partial charge on any atom is 0.0509 e. The molecule has 0 spiro atoms. The lowest BCUT2D eigenvalue weighted by atomic mass is 9.89. The predicted octanol–water partition coefficient (Wildman–Crippen LogP) is 2.78. The minimum absolute atomic E-state index is 0.732. The first-order valence-corrected chi connectivity index (χ1v) is 5.18. The minimum atomic E-state index is 0.732. The van der Waals surface area contributed by atoms with Crippen LogP contribution in [-0.4, -0.2) is 0 Å². The summed E-state index contributed by atoms with van der Waals surface area (Å²) in [6.45, 7) is 0. The first kappa shape index (κ1) is 9.43. The van der Waals surface area contributed by atoms with Crippen LogP contribution in [0.5, 0.6) is 0 Å². The number of fused-ring (bicyclic) bond motifs is 1. The maximum atomic E-state index is 6.15. The Morgan fingerprint density at radius 2 is 1.93 bits per heavy atom. The Bertz CT molecular complexity index is 412. The van der Waals surface area contributed by atoms with Crippen LogP contribution < -0.4 is 5.73 Å². The third-order valence-corrected chi connectivity index (χ3v) is 3.14. The number of halogens is 1. The average molecular weight is 206 g/mol. The van der Waals surface area contributed by atoms with E-state index in [0.717, 1.165) is 29.1 Å². The fourth-order valence-electron chi connectivity index (χ4n) is 2.04. The lowest BCUT2D eigenvalue weighted by molar-refractivity contribution is 0.687. The van der Waals surface area contributed by atoms with Gasteiger partial charge in [0.25, 0.3) is 0 Å². The van der Waals surface area contributed by atoms with Gasteiger partial charge in [-0.2, -0.15) is 0 Å². The Hall–Kier alpha value is -1.13. The van der Waals surface area contributed by atoms with Crippen molar-refractivity contribution in [1.82, 2.24) is 0 Å². The Labute approximate surface area is 89.3 Å². The van der Waals surface area contributed by atoms with Gasteiger partial charge < -0.3 is 5.73 Å². The predicted molar refractivity (Wildman–Crippen MR) is 60.4 cm³/mol. The number of nitrogen functional groups attached to an aromatic ring is 1. The van der Waals surface area contributed by atoms with E-state index in [2.05, 4.69) is 5.92 Å². The van der Waals surface area contributed by atoms with Crippen LogP contribution in [0.15, 0.2) is 6.07 Å². The van der Waals surface area contributed by atoms with Crippen molar-refractivity contribution in [2.24, 2.45) is 0 Å². The second-order valence-electron chi connectivity index (χ2n) is 3.63. The van der Waals surface area contributed by atoms with Crippen LogP contribution in [0.3, 0.4) is 0 Å². The summed E-state index contributed by atoms with van der Waals surface area (Å²) >= 11 is 6.15. The topological polar surface area (TPSA) is 26.0 Å². The zero-order valence-electron chi connectivity index (χ0n) is 7.94. The Morgan fingerprint density at radius 3 is 2.57 bits per heavy atom. The van der Waals surface area contributed by atoms with Crippen LogP contribution in [0, 0.1) is 12.3 Å². The summed E-state index contributed by atoms with van der Waals surface area (Å²) in [5.74, 6) is 2.58.